The summed E-state index contributed by atoms with van der Waals surface area (Å²) in [6.07, 6.45) is 5.35. The Balaban J connectivity index is 1.13. The number of aromatic amines is 1. The van der Waals surface area contributed by atoms with Crippen molar-refractivity contribution in [2.75, 3.05) is 32.5 Å². The Morgan fingerprint density at radius 2 is 1.74 bits per heavy atom. The van der Waals surface area contributed by atoms with Crippen molar-refractivity contribution in [3.8, 4) is 0 Å². The minimum absolute atomic E-state index is 0.0572. The van der Waals surface area contributed by atoms with E-state index in [0.717, 1.165) is 24.8 Å². The van der Waals surface area contributed by atoms with Crippen LogP contribution >= 0.6 is 0 Å². The van der Waals surface area contributed by atoms with Gasteiger partial charge < -0.3 is 21.7 Å². The van der Waals surface area contributed by atoms with Crippen molar-refractivity contribution >= 4 is 55.9 Å². The van der Waals surface area contributed by atoms with E-state index in [1.54, 1.807) is 24.4 Å². The normalized spacial score (nSPS) is 16.0. The highest BCUT2D eigenvalue weighted by atomic mass is 32.2. The average Bonchev–Trinajstić information content (AvgIpc) is 3.66. The van der Waals surface area contributed by atoms with Crippen LogP contribution in [-0.2, 0) is 29.3 Å². The maximum atomic E-state index is 14.1. The molecule has 2 amide bonds. The van der Waals surface area contributed by atoms with Crippen molar-refractivity contribution in [3.63, 3.8) is 0 Å². The monoisotopic (exact) mass is 595 g/mol. The maximum Gasteiger partial charge on any atom is 0.323 e. The summed E-state index contributed by atoms with van der Waals surface area (Å²) in [5.41, 5.74) is 11.5. The van der Waals surface area contributed by atoms with Gasteiger partial charge in [0.25, 0.3) is 10.0 Å². The number of nitrogens with one attached hydrogen (secondary N) is 4. The molecule has 0 bridgehead atoms. The number of hydrogen-bond donors (Lipinski definition) is 5. The molecule has 13 heteroatoms. The summed E-state index contributed by atoms with van der Waals surface area (Å²) in [5, 5.41) is 16.5. The second kappa shape index (κ2) is 10.6. The average molecular weight is 596 g/mol. The molecular formula is C30H29N9O3S. The zero-order valence-corrected chi connectivity index (χ0v) is 23.9. The number of para-hydroxylation sites is 1. The number of nitrogens with zero attached hydrogens (tertiary/aromatic N) is 4. The van der Waals surface area contributed by atoms with Gasteiger partial charge in [0.1, 0.15) is 5.82 Å². The number of aryl methyl sites for hydroxylation is 2. The van der Waals surface area contributed by atoms with Crippen molar-refractivity contribution in [1.82, 2.24) is 20.2 Å². The van der Waals surface area contributed by atoms with E-state index in [4.69, 9.17) is 5.73 Å². The van der Waals surface area contributed by atoms with Gasteiger partial charge in [0.15, 0.2) is 5.65 Å². The van der Waals surface area contributed by atoms with Crippen molar-refractivity contribution < 1.29 is 13.2 Å². The topological polar surface area (TPSA) is 171 Å². The van der Waals surface area contributed by atoms with Crippen LogP contribution in [0.5, 0.6) is 0 Å². The summed E-state index contributed by atoms with van der Waals surface area (Å²) in [6.45, 7) is 0.138. The molecule has 3 heterocycles. The Hall–Kier alpha value is -5.17. The number of H-pyrrole nitrogens is 1. The van der Waals surface area contributed by atoms with Crippen molar-refractivity contribution in [3.05, 3.63) is 89.6 Å². The number of nitrogen functional groups attached to an aromatic ring is 1. The SMILES string of the molecule is Nc1nc(NC2Cc3ccccc3N(S(=O)(=O)c3cccc(NC(=O)Nc4ccc5c(c4)CCC5)c3)C2)c2cn[nH]c2n1. The highest BCUT2D eigenvalue weighted by molar-refractivity contribution is 7.92. The summed E-state index contributed by atoms with van der Waals surface area (Å²) < 4.78 is 29.6. The van der Waals surface area contributed by atoms with E-state index in [2.05, 4.69) is 36.1 Å². The predicted molar refractivity (Wildman–Crippen MR) is 166 cm³/mol. The molecule has 7 rings (SSSR count). The van der Waals surface area contributed by atoms with E-state index >= 15 is 0 Å². The zero-order chi connectivity index (χ0) is 29.6. The van der Waals surface area contributed by atoms with E-state index in [0.29, 0.717) is 40.3 Å². The molecule has 2 aromatic heterocycles. The summed E-state index contributed by atoms with van der Waals surface area (Å²) in [7, 11) is -4.02. The molecule has 43 heavy (non-hydrogen) atoms. The Kier molecular flexibility index (Phi) is 6.58. The minimum Gasteiger partial charge on any atom is -0.368 e. The number of urea groups is 1. The molecule has 0 spiro atoms. The molecular weight excluding hydrogens is 566 g/mol. The number of fused-ring (bicyclic) bond motifs is 3. The number of rotatable bonds is 6. The van der Waals surface area contributed by atoms with Crippen LogP contribution in [0.15, 0.2) is 77.8 Å². The van der Waals surface area contributed by atoms with E-state index in [9.17, 15) is 13.2 Å². The lowest BCUT2D eigenvalue weighted by Crippen LogP contribution is -2.45. The number of amides is 2. The molecule has 6 N–H and O–H groups in total. The molecule has 12 nitrogen and oxygen atoms in total. The third-order valence-electron chi connectivity index (χ3n) is 7.82. The first kappa shape index (κ1) is 26.7. The number of anilines is 5. The van der Waals surface area contributed by atoms with Crippen LogP contribution in [0.2, 0.25) is 0 Å². The molecule has 218 valence electrons. The molecule has 2 aliphatic rings. The van der Waals surface area contributed by atoms with Crippen molar-refractivity contribution in [2.45, 2.75) is 36.6 Å². The molecule has 0 fully saturated rings. The molecule has 0 radical (unpaired) electrons. The zero-order valence-electron chi connectivity index (χ0n) is 23.0. The van der Waals surface area contributed by atoms with Gasteiger partial charge in [-0.15, -0.1) is 0 Å². The lowest BCUT2D eigenvalue weighted by molar-refractivity contribution is 0.262. The number of carbonyl (C=O) groups excluding carboxylic acids is 1. The number of sulfonamides is 1. The molecule has 1 atom stereocenters. The number of nitrogens with two attached hydrogens (primary N) is 1. The smallest absolute Gasteiger partial charge is 0.323 e. The van der Waals surface area contributed by atoms with Crippen LogP contribution in [0, 0.1) is 0 Å². The van der Waals surface area contributed by atoms with E-state index in [1.165, 1.54) is 27.6 Å². The standard InChI is InChI=1S/C30H29N9O3S/c31-29-36-27(25-16-32-38-28(25)37-29)33-23-14-20-5-1-2-10-26(20)39(17-23)43(41,42)24-9-4-8-21(15-24)34-30(40)35-22-12-11-18-6-3-7-19(18)13-22/h1-2,4-5,8-13,15-16,23H,3,6-7,14,17H2,(H2,34,35,40)(H4,31,32,33,36,37,38). The van der Waals surface area contributed by atoms with Gasteiger partial charge in [0, 0.05) is 11.4 Å². The molecule has 5 aromatic rings. The summed E-state index contributed by atoms with van der Waals surface area (Å²) in [4.78, 5) is 21.4. The van der Waals surface area contributed by atoms with Crippen molar-refractivity contribution in [2.24, 2.45) is 0 Å². The van der Waals surface area contributed by atoms with Crippen LogP contribution in [0.4, 0.5) is 33.6 Å². The Labute approximate surface area is 247 Å². The summed E-state index contributed by atoms with van der Waals surface area (Å²) >= 11 is 0. The Morgan fingerprint density at radius 3 is 2.63 bits per heavy atom. The first-order valence-electron chi connectivity index (χ1n) is 14.0. The maximum absolute atomic E-state index is 14.1. The molecule has 3 aromatic carbocycles. The van der Waals surface area contributed by atoms with Gasteiger partial charge in [-0.05, 0) is 78.8 Å². The second-order valence-electron chi connectivity index (χ2n) is 10.7. The van der Waals surface area contributed by atoms with E-state index in [1.807, 2.05) is 36.4 Å². The third kappa shape index (κ3) is 5.18. The highest BCUT2D eigenvalue weighted by Gasteiger charge is 2.34. The van der Waals surface area contributed by atoms with Gasteiger partial charge in [-0.1, -0.05) is 30.3 Å². The fourth-order valence-corrected chi connectivity index (χ4v) is 7.43. The molecule has 1 aliphatic heterocycles. The number of aromatic nitrogens is 4. The highest BCUT2D eigenvalue weighted by Crippen LogP contribution is 2.34. The number of benzene rings is 3. The van der Waals surface area contributed by atoms with Crippen molar-refractivity contribution in [1.29, 1.82) is 0 Å². The predicted octanol–water partition coefficient (Wildman–Crippen LogP) is 4.30. The third-order valence-corrected chi connectivity index (χ3v) is 9.59. The van der Waals surface area contributed by atoms with E-state index < -0.39 is 16.1 Å². The Morgan fingerprint density at radius 1 is 0.930 bits per heavy atom. The molecule has 0 saturated heterocycles. The molecule has 0 saturated carbocycles. The lowest BCUT2D eigenvalue weighted by Gasteiger charge is -2.36. The van der Waals surface area contributed by atoms with Gasteiger partial charge in [0.05, 0.1) is 34.8 Å². The van der Waals surface area contributed by atoms with Crippen LogP contribution in [0.3, 0.4) is 0 Å². The van der Waals surface area contributed by atoms with Gasteiger partial charge >= 0.3 is 6.03 Å². The minimum atomic E-state index is -4.02. The van der Waals surface area contributed by atoms with E-state index in [-0.39, 0.29) is 23.4 Å². The largest absolute Gasteiger partial charge is 0.368 e. The van der Waals surface area contributed by atoms with Gasteiger partial charge in [-0.3, -0.25) is 9.40 Å². The van der Waals surface area contributed by atoms with Crippen LogP contribution in [0.25, 0.3) is 11.0 Å². The fourth-order valence-electron chi connectivity index (χ4n) is 5.84. The Bertz CT molecular complexity index is 1980. The second-order valence-corrected chi connectivity index (χ2v) is 12.6. The number of carbonyl (C=O) groups is 1. The first-order chi connectivity index (χ1) is 20.8. The molecule has 1 unspecified atom stereocenters. The van der Waals surface area contributed by atoms with Gasteiger partial charge in [-0.2, -0.15) is 15.1 Å². The molecule has 1 aliphatic carbocycles. The quantitative estimate of drug-likeness (QED) is 0.193. The van der Waals surface area contributed by atoms with Gasteiger partial charge in [-0.25, -0.2) is 13.2 Å². The lowest BCUT2D eigenvalue weighted by atomic mass is 9.99. The van der Waals surface area contributed by atoms with Gasteiger partial charge in [0.2, 0.25) is 5.95 Å². The summed E-state index contributed by atoms with van der Waals surface area (Å²) in [6, 6.07) is 18.8. The summed E-state index contributed by atoms with van der Waals surface area (Å²) in [5.74, 6) is 0.544. The first-order valence-corrected chi connectivity index (χ1v) is 15.4. The number of hydrogen-bond acceptors (Lipinski definition) is 8. The van der Waals surface area contributed by atoms with Crippen LogP contribution < -0.4 is 26.0 Å². The fraction of sp³-hybridized carbons (Fsp3) is 0.200. The van der Waals surface area contributed by atoms with Crippen LogP contribution in [-0.4, -0.2) is 47.2 Å². The van der Waals surface area contributed by atoms with Crippen LogP contribution in [0.1, 0.15) is 23.1 Å².